The van der Waals surface area contributed by atoms with Gasteiger partial charge in [-0.05, 0) is 54.0 Å². The zero-order valence-electron chi connectivity index (χ0n) is 9.76. The topological polar surface area (TPSA) is 41.1 Å². The molecule has 1 unspecified atom stereocenters. The third-order valence-corrected chi connectivity index (χ3v) is 4.38. The molecular formula is C11H17BrN2OS. The third-order valence-electron chi connectivity index (χ3n) is 2.24. The van der Waals surface area contributed by atoms with Crippen molar-refractivity contribution in [3.8, 4) is 0 Å². The highest BCUT2D eigenvalue weighted by molar-refractivity contribution is 9.11. The molecule has 0 aliphatic rings. The van der Waals surface area contributed by atoms with Gasteiger partial charge in [-0.2, -0.15) is 0 Å². The standard InChI is InChI=1S/C11H17BrN2OS/c1-7(5-13-3)6-14-11(15)9-4-8(2)10(12)16-9/h4,7,13H,5-6H2,1-3H3,(H,14,15). The Labute approximate surface area is 109 Å². The zero-order chi connectivity index (χ0) is 12.1. The Balaban J connectivity index is 2.46. The van der Waals surface area contributed by atoms with E-state index in [9.17, 15) is 4.79 Å². The predicted octanol–water partition coefficient (Wildman–Crippen LogP) is 2.40. The van der Waals surface area contributed by atoms with E-state index < -0.39 is 0 Å². The fraction of sp³-hybridized carbons (Fsp3) is 0.545. The Kier molecular flexibility index (Phi) is 5.44. The summed E-state index contributed by atoms with van der Waals surface area (Å²) in [6.07, 6.45) is 0. The number of carbonyl (C=O) groups excluding carboxylic acids is 1. The maximum atomic E-state index is 11.8. The second-order valence-corrected chi connectivity index (χ2v) is 6.31. The Hall–Kier alpha value is -0.390. The largest absolute Gasteiger partial charge is 0.351 e. The van der Waals surface area contributed by atoms with Crippen molar-refractivity contribution < 1.29 is 4.79 Å². The fourth-order valence-corrected chi connectivity index (χ4v) is 2.80. The molecule has 0 aliphatic carbocycles. The Morgan fingerprint density at radius 2 is 2.25 bits per heavy atom. The minimum Gasteiger partial charge on any atom is -0.351 e. The summed E-state index contributed by atoms with van der Waals surface area (Å²) in [5.41, 5.74) is 1.11. The van der Waals surface area contributed by atoms with E-state index in [-0.39, 0.29) is 5.91 Å². The van der Waals surface area contributed by atoms with E-state index >= 15 is 0 Å². The second-order valence-electron chi connectivity index (χ2n) is 3.94. The molecule has 1 atom stereocenters. The van der Waals surface area contributed by atoms with Gasteiger partial charge in [-0.15, -0.1) is 11.3 Å². The first-order valence-corrected chi connectivity index (χ1v) is 6.84. The van der Waals surface area contributed by atoms with Gasteiger partial charge in [-0.3, -0.25) is 4.79 Å². The lowest BCUT2D eigenvalue weighted by molar-refractivity contribution is 0.0952. The SMILES string of the molecule is CNCC(C)CNC(=O)c1cc(C)c(Br)s1. The minimum absolute atomic E-state index is 0.0155. The molecule has 3 nitrogen and oxygen atoms in total. The van der Waals surface area contributed by atoms with Gasteiger partial charge in [0.05, 0.1) is 8.66 Å². The number of nitrogens with one attached hydrogen (secondary N) is 2. The summed E-state index contributed by atoms with van der Waals surface area (Å²) in [6.45, 7) is 5.70. The first-order valence-electron chi connectivity index (χ1n) is 5.23. The van der Waals surface area contributed by atoms with Gasteiger partial charge in [0.15, 0.2) is 0 Å². The van der Waals surface area contributed by atoms with Crippen LogP contribution in [0.1, 0.15) is 22.2 Å². The van der Waals surface area contributed by atoms with Crippen LogP contribution in [-0.2, 0) is 0 Å². The normalized spacial score (nSPS) is 12.5. The summed E-state index contributed by atoms with van der Waals surface area (Å²) in [6, 6.07) is 1.91. The number of hydrogen-bond donors (Lipinski definition) is 2. The molecule has 0 aromatic carbocycles. The van der Waals surface area contributed by atoms with E-state index in [1.165, 1.54) is 11.3 Å². The molecule has 0 fully saturated rings. The van der Waals surface area contributed by atoms with Crippen LogP contribution in [0, 0.1) is 12.8 Å². The molecule has 0 radical (unpaired) electrons. The monoisotopic (exact) mass is 304 g/mol. The van der Waals surface area contributed by atoms with Crippen molar-refractivity contribution in [3.63, 3.8) is 0 Å². The minimum atomic E-state index is 0.0155. The summed E-state index contributed by atoms with van der Waals surface area (Å²) in [7, 11) is 1.91. The molecule has 0 saturated heterocycles. The molecular weight excluding hydrogens is 288 g/mol. The van der Waals surface area contributed by atoms with Crippen LogP contribution in [-0.4, -0.2) is 26.0 Å². The molecule has 1 rings (SSSR count). The summed E-state index contributed by atoms with van der Waals surface area (Å²) < 4.78 is 1.03. The lowest BCUT2D eigenvalue weighted by Gasteiger charge is -2.10. The summed E-state index contributed by atoms with van der Waals surface area (Å²) in [5.74, 6) is 0.459. The molecule has 90 valence electrons. The van der Waals surface area contributed by atoms with Gasteiger partial charge in [0.1, 0.15) is 0 Å². The molecule has 0 aliphatic heterocycles. The van der Waals surface area contributed by atoms with E-state index in [1.54, 1.807) is 0 Å². The summed E-state index contributed by atoms with van der Waals surface area (Å²) >= 11 is 4.89. The highest BCUT2D eigenvalue weighted by atomic mass is 79.9. The number of hydrogen-bond acceptors (Lipinski definition) is 3. The highest BCUT2D eigenvalue weighted by Gasteiger charge is 2.11. The van der Waals surface area contributed by atoms with Crippen molar-refractivity contribution in [3.05, 3.63) is 20.3 Å². The van der Waals surface area contributed by atoms with Gasteiger partial charge in [0.25, 0.3) is 5.91 Å². The second kappa shape index (κ2) is 6.37. The van der Waals surface area contributed by atoms with Crippen LogP contribution in [0.25, 0.3) is 0 Å². The summed E-state index contributed by atoms with van der Waals surface area (Å²) in [4.78, 5) is 12.5. The van der Waals surface area contributed by atoms with Gasteiger partial charge in [0.2, 0.25) is 0 Å². The van der Waals surface area contributed by atoms with Crippen molar-refractivity contribution in [2.45, 2.75) is 13.8 Å². The molecule has 0 saturated carbocycles. The molecule has 0 bridgehead atoms. The Morgan fingerprint density at radius 1 is 1.56 bits per heavy atom. The Morgan fingerprint density at radius 3 is 2.75 bits per heavy atom. The van der Waals surface area contributed by atoms with E-state index in [0.29, 0.717) is 12.5 Å². The number of rotatable bonds is 5. The highest BCUT2D eigenvalue weighted by Crippen LogP contribution is 2.27. The average Bonchev–Trinajstić information content (AvgIpc) is 2.56. The molecule has 5 heteroatoms. The van der Waals surface area contributed by atoms with Crippen molar-refractivity contribution in [1.29, 1.82) is 0 Å². The summed E-state index contributed by atoms with van der Waals surface area (Å²) in [5, 5.41) is 6.02. The Bertz CT molecular complexity index is 345. The first kappa shape index (κ1) is 13.7. The number of aryl methyl sites for hydroxylation is 1. The average molecular weight is 305 g/mol. The van der Waals surface area contributed by atoms with Gasteiger partial charge in [-0.25, -0.2) is 0 Å². The lowest BCUT2D eigenvalue weighted by atomic mass is 10.2. The van der Waals surface area contributed by atoms with Gasteiger partial charge in [0, 0.05) is 6.54 Å². The maximum absolute atomic E-state index is 11.8. The predicted molar refractivity (Wildman–Crippen MR) is 72.2 cm³/mol. The van der Waals surface area contributed by atoms with E-state index in [2.05, 4.69) is 33.5 Å². The van der Waals surface area contributed by atoms with E-state index in [4.69, 9.17) is 0 Å². The maximum Gasteiger partial charge on any atom is 0.261 e. The van der Waals surface area contributed by atoms with Gasteiger partial charge >= 0.3 is 0 Å². The van der Waals surface area contributed by atoms with Crippen molar-refractivity contribution in [2.24, 2.45) is 5.92 Å². The van der Waals surface area contributed by atoms with Crippen LogP contribution in [0.3, 0.4) is 0 Å². The van der Waals surface area contributed by atoms with Crippen molar-refractivity contribution in [2.75, 3.05) is 20.1 Å². The van der Waals surface area contributed by atoms with Gasteiger partial charge < -0.3 is 10.6 Å². The molecule has 2 N–H and O–H groups in total. The number of thiophene rings is 1. The molecule has 1 heterocycles. The lowest BCUT2D eigenvalue weighted by Crippen LogP contribution is -2.31. The van der Waals surface area contributed by atoms with Crippen LogP contribution in [0.2, 0.25) is 0 Å². The molecule has 1 amide bonds. The van der Waals surface area contributed by atoms with Crippen LogP contribution in [0.5, 0.6) is 0 Å². The van der Waals surface area contributed by atoms with Crippen molar-refractivity contribution >= 4 is 33.2 Å². The number of amides is 1. The number of halogens is 1. The van der Waals surface area contributed by atoms with Crippen LogP contribution < -0.4 is 10.6 Å². The van der Waals surface area contributed by atoms with Crippen LogP contribution in [0.4, 0.5) is 0 Å². The van der Waals surface area contributed by atoms with Crippen LogP contribution in [0.15, 0.2) is 9.85 Å². The zero-order valence-corrected chi connectivity index (χ0v) is 12.2. The van der Waals surface area contributed by atoms with Crippen molar-refractivity contribution in [1.82, 2.24) is 10.6 Å². The fourth-order valence-electron chi connectivity index (χ4n) is 1.35. The smallest absolute Gasteiger partial charge is 0.261 e. The first-order chi connectivity index (χ1) is 7.54. The molecule has 16 heavy (non-hydrogen) atoms. The van der Waals surface area contributed by atoms with Crippen LogP contribution >= 0.6 is 27.3 Å². The van der Waals surface area contributed by atoms with E-state index in [0.717, 1.165) is 20.8 Å². The molecule has 1 aromatic rings. The third kappa shape index (κ3) is 3.88. The van der Waals surface area contributed by atoms with E-state index in [1.807, 2.05) is 20.0 Å². The molecule has 1 aromatic heterocycles. The number of carbonyl (C=O) groups is 1. The van der Waals surface area contributed by atoms with Gasteiger partial charge in [-0.1, -0.05) is 6.92 Å². The molecule has 0 spiro atoms. The quantitative estimate of drug-likeness (QED) is 0.877.